The highest BCUT2D eigenvalue weighted by Crippen LogP contribution is 2.28. The van der Waals surface area contributed by atoms with Gasteiger partial charge in [0.25, 0.3) is 0 Å². The van der Waals surface area contributed by atoms with Gasteiger partial charge in [0, 0.05) is 30.8 Å². The van der Waals surface area contributed by atoms with Crippen molar-refractivity contribution >= 4 is 29.1 Å². The Labute approximate surface area is 159 Å². The van der Waals surface area contributed by atoms with Crippen LogP contribution in [0.3, 0.4) is 0 Å². The molecule has 0 bridgehead atoms. The number of halogens is 1. The molecule has 0 aromatic heterocycles. The standard InChI is InChI=1S/C19H26ClN3O3/c1-22(12-18(24)21-16-7-3-6-15(20)10-16)19(25)17-13-26-9-8-23(17)11-14-4-2-5-14/h3,6-7,10,14,17H,2,4-5,8-9,11-13H2,1H3,(H,21,24). The molecule has 1 atom stereocenters. The minimum atomic E-state index is -0.298. The van der Waals surface area contributed by atoms with Crippen LogP contribution < -0.4 is 5.32 Å². The summed E-state index contributed by atoms with van der Waals surface area (Å²) >= 11 is 5.92. The van der Waals surface area contributed by atoms with Gasteiger partial charge >= 0.3 is 0 Å². The van der Waals surface area contributed by atoms with Crippen LogP contribution in [-0.4, -0.2) is 67.6 Å². The van der Waals surface area contributed by atoms with Crippen LogP contribution in [0.5, 0.6) is 0 Å². The maximum atomic E-state index is 12.8. The molecule has 1 aromatic rings. The summed E-state index contributed by atoms with van der Waals surface area (Å²) in [6, 6.07) is 6.66. The molecular weight excluding hydrogens is 354 g/mol. The fraction of sp³-hybridized carbons (Fsp3) is 0.579. The van der Waals surface area contributed by atoms with E-state index in [-0.39, 0.29) is 24.4 Å². The zero-order chi connectivity index (χ0) is 18.5. The van der Waals surface area contributed by atoms with Crippen LogP contribution in [0.2, 0.25) is 5.02 Å². The van der Waals surface area contributed by atoms with E-state index in [0.717, 1.165) is 13.1 Å². The molecule has 2 fully saturated rings. The highest BCUT2D eigenvalue weighted by molar-refractivity contribution is 6.30. The lowest BCUT2D eigenvalue weighted by Crippen LogP contribution is -2.56. The Hall–Kier alpha value is -1.63. The monoisotopic (exact) mass is 379 g/mol. The van der Waals surface area contributed by atoms with Crippen molar-refractivity contribution in [2.24, 2.45) is 5.92 Å². The highest BCUT2D eigenvalue weighted by Gasteiger charge is 2.34. The summed E-state index contributed by atoms with van der Waals surface area (Å²) in [5.41, 5.74) is 0.621. The van der Waals surface area contributed by atoms with Gasteiger partial charge in [-0.2, -0.15) is 0 Å². The molecule has 6 nitrogen and oxygen atoms in total. The van der Waals surface area contributed by atoms with Crippen molar-refractivity contribution in [1.29, 1.82) is 0 Å². The van der Waals surface area contributed by atoms with Gasteiger partial charge in [0.15, 0.2) is 0 Å². The molecular formula is C19H26ClN3O3. The summed E-state index contributed by atoms with van der Waals surface area (Å²) in [6.07, 6.45) is 3.78. The van der Waals surface area contributed by atoms with E-state index in [2.05, 4.69) is 10.2 Å². The number of nitrogens with zero attached hydrogens (tertiary/aromatic N) is 2. The van der Waals surface area contributed by atoms with Gasteiger partial charge in [0.05, 0.1) is 19.8 Å². The van der Waals surface area contributed by atoms with Gasteiger partial charge in [0.2, 0.25) is 11.8 Å². The molecule has 2 aliphatic rings. The van der Waals surface area contributed by atoms with Crippen LogP contribution >= 0.6 is 11.6 Å². The van der Waals surface area contributed by atoms with E-state index in [1.54, 1.807) is 31.3 Å². The second-order valence-corrected chi connectivity index (χ2v) is 7.57. The van der Waals surface area contributed by atoms with Crippen LogP contribution in [0.4, 0.5) is 5.69 Å². The summed E-state index contributed by atoms with van der Waals surface area (Å²) in [7, 11) is 1.66. The van der Waals surface area contributed by atoms with E-state index >= 15 is 0 Å². The third-order valence-corrected chi connectivity index (χ3v) is 5.34. The Bertz CT molecular complexity index is 651. The van der Waals surface area contributed by atoms with E-state index < -0.39 is 0 Å². The number of anilines is 1. The number of hydrogen-bond acceptors (Lipinski definition) is 4. The maximum Gasteiger partial charge on any atom is 0.243 e. The fourth-order valence-electron chi connectivity index (χ4n) is 3.41. The molecule has 1 heterocycles. The number of amides is 2. The zero-order valence-corrected chi connectivity index (χ0v) is 15.9. The molecule has 1 N–H and O–H groups in total. The van der Waals surface area contributed by atoms with Crippen LogP contribution in [0, 0.1) is 5.92 Å². The molecule has 26 heavy (non-hydrogen) atoms. The number of ether oxygens (including phenoxy) is 1. The zero-order valence-electron chi connectivity index (χ0n) is 15.1. The first kappa shape index (κ1) is 19.1. The first-order valence-corrected chi connectivity index (χ1v) is 9.53. The molecule has 2 amide bonds. The normalized spacial score (nSPS) is 21.1. The van der Waals surface area contributed by atoms with Crippen LogP contribution in [0.25, 0.3) is 0 Å². The minimum Gasteiger partial charge on any atom is -0.378 e. The Kier molecular flexibility index (Phi) is 6.51. The predicted octanol–water partition coefficient (Wildman–Crippen LogP) is 2.24. The Morgan fingerprint density at radius 2 is 2.19 bits per heavy atom. The lowest BCUT2D eigenvalue weighted by molar-refractivity contribution is -0.144. The first-order chi connectivity index (χ1) is 12.5. The van der Waals surface area contributed by atoms with Gasteiger partial charge in [-0.05, 0) is 37.0 Å². The molecule has 1 aliphatic heterocycles. The van der Waals surface area contributed by atoms with E-state index in [1.807, 2.05) is 0 Å². The number of morpholine rings is 1. The molecule has 1 aliphatic carbocycles. The molecule has 0 spiro atoms. The van der Waals surface area contributed by atoms with Crippen molar-refractivity contribution < 1.29 is 14.3 Å². The Morgan fingerprint density at radius 3 is 2.88 bits per heavy atom. The molecule has 3 rings (SSSR count). The van der Waals surface area contributed by atoms with Gasteiger partial charge < -0.3 is 15.0 Å². The molecule has 1 aromatic carbocycles. The highest BCUT2D eigenvalue weighted by atomic mass is 35.5. The van der Waals surface area contributed by atoms with Gasteiger partial charge in [-0.15, -0.1) is 0 Å². The maximum absolute atomic E-state index is 12.8. The Morgan fingerprint density at radius 1 is 1.38 bits per heavy atom. The van der Waals surface area contributed by atoms with E-state index in [1.165, 1.54) is 24.2 Å². The van der Waals surface area contributed by atoms with Crippen LogP contribution in [0.15, 0.2) is 24.3 Å². The van der Waals surface area contributed by atoms with Crippen LogP contribution in [-0.2, 0) is 14.3 Å². The van der Waals surface area contributed by atoms with Crippen molar-refractivity contribution in [1.82, 2.24) is 9.80 Å². The fourth-order valence-corrected chi connectivity index (χ4v) is 3.60. The van der Waals surface area contributed by atoms with Crippen molar-refractivity contribution in [3.8, 4) is 0 Å². The molecule has 1 saturated carbocycles. The molecule has 7 heteroatoms. The van der Waals surface area contributed by atoms with Crippen molar-refractivity contribution in [3.05, 3.63) is 29.3 Å². The summed E-state index contributed by atoms with van der Waals surface area (Å²) in [5, 5.41) is 3.32. The third kappa shape index (κ3) is 4.96. The van der Waals surface area contributed by atoms with Gasteiger partial charge in [-0.25, -0.2) is 0 Å². The third-order valence-electron chi connectivity index (χ3n) is 5.11. The smallest absolute Gasteiger partial charge is 0.243 e. The molecule has 0 radical (unpaired) electrons. The van der Waals surface area contributed by atoms with Gasteiger partial charge in [-0.3, -0.25) is 14.5 Å². The van der Waals surface area contributed by atoms with Crippen molar-refractivity contribution in [3.63, 3.8) is 0 Å². The number of rotatable bonds is 6. The largest absolute Gasteiger partial charge is 0.378 e. The number of nitrogens with one attached hydrogen (secondary N) is 1. The average Bonchev–Trinajstić information content (AvgIpc) is 2.57. The van der Waals surface area contributed by atoms with Crippen molar-refractivity contribution in [2.45, 2.75) is 25.3 Å². The lowest BCUT2D eigenvalue weighted by Gasteiger charge is -2.40. The second kappa shape index (κ2) is 8.84. The summed E-state index contributed by atoms with van der Waals surface area (Å²) in [6.45, 7) is 2.78. The Balaban J connectivity index is 1.54. The quantitative estimate of drug-likeness (QED) is 0.823. The van der Waals surface area contributed by atoms with E-state index in [4.69, 9.17) is 16.3 Å². The van der Waals surface area contributed by atoms with Crippen LogP contribution in [0.1, 0.15) is 19.3 Å². The van der Waals surface area contributed by atoms with Crippen molar-refractivity contribution in [2.75, 3.05) is 45.2 Å². The first-order valence-electron chi connectivity index (χ1n) is 9.15. The van der Waals surface area contributed by atoms with E-state index in [9.17, 15) is 9.59 Å². The SMILES string of the molecule is CN(CC(=O)Nc1cccc(Cl)c1)C(=O)C1COCCN1CC1CCC1. The minimum absolute atomic E-state index is 0.000878. The number of hydrogen-bond donors (Lipinski definition) is 1. The lowest BCUT2D eigenvalue weighted by atomic mass is 9.84. The molecule has 1 saturated heterocycles. The average molecular weight is 380 g/mol. The number of likely N-dealkylation sites (N-methyl/N-ethyl adjacent to an activating group) is 1. The number of carbonyl (C=O) groups is 2. The predicted molar refractivity (Wildman–Crippen MR) is 101 cm³/mol. The number of benzene rings is 1. The summed E-state index contributed by atoms with van der Waals surface area (Å²) in [5.74, 6) is 0.385. The van der Waals surface area contributed by atoms with E-state index in [0.29, 0.717) is 29.8 Å². The summed E-state index contributed by atoms with van der Waals surface area (Å²) in [4.78, 5) is 28.8. The molecule has 1 unspecified atom stereocenters. The van der Waals surface area contributed by atoms with Gasteiger partial charge in [0.1, 0.15) is 6.04 Å². The molecule has 142 valence electrons. The summed E-state index contributed by atoms with van der Waals surface area (Å²) < 4.78 is 5.53. The topological polar surface area (TPSA) is 61.9 Å². The second-order valence-electron chi connectivity index (χ2n) is 7.14. The number of carbonyl (C=O) groups excluding carboxylic acids is 2. The van der Waals surface area contributed by atoms with Gasteiger partial charge in [-0.1, -0.05) is 24.1 Å².